The van der Waals surface area contributed by atoms with E-state index in [4.69, 9.17) is 4.74 Å². The molecule has 122 valence electrons. The number of ether oxygens (including phenoxy) is 1. The van der Waals surface area contributed by atoms with Crippen LogP contribution in [0, 0.1) is 0 Å². The highest BCUT2D eigenvalue weighted by atomic mass is 16.5. The molecular weight excluding hydrogens is 294 g/mol. The molecule has 1 aromatic carbocycles. The third-order valence-corrected chi connectivity index (χ3v) is 4.03. The minimum Gasteiger partial charge on any atom is -0.445 e. The lowest BCUT2D eigenvalue weighted by Gasteiger charge is -2.36. The van der Waals surface area contributed by atoms with Crippen LogP contribution >= 0.6 is 0 Å². The summed E-state index contributed by atoms with van der Waals surface area (Å²) in [4.78, 5) is 11.7. The van der Waals surface area contributed by atoms with E-state index >= 15 is 0 Å². The highest BCUT2D eigenvalue weighted by Crippen LogP contribution is 2.20. The average molecular weight is 315 g/mol. The number of rotatable bonds is 6. The Balaban J connectivity index is 1.31. The molecule has 7 heteroatoms. The van der Waals surface area contributed by atoms with Gasteiger partial charge in [0.2, 0.25) is 0 Å². The Bertz CT molecular complexity index is 637. The summed E-state index contributed by atoms with van der Waals surface area (Å²) in [5.74, 6) is 0.906. The molecule has 1 amide bonds. The van der Waals surface area contributed by atoms with Crippen molar-refractivity contribution in [2.45, 2.75) is 38.1 Å². The second kappa shape index (κ2) is 7.23. The Kier molecular flexibility index (Phi) is 4.87. The molecule has 0 aliphatic heterocycles. The zero-order valence-corrected chi connectivity index (χ0v) is 13.1. The third-order valence-electron chi connectivity index (χ3n) is 4.03. The summed E-state index contributed by atoms with van der Waals surface area (Å²) in [5.41, 5.74) is 0.986. The van der Waals surface area contributed by atoms with E-state index in [9.17, 15) is 4.79 Å². The van der Waals surface area contributed by atoms with Gasteiger partial charge < -0.3 is 19.9 Å². The Morgan fingerprint density at radius 1 is 1.30 bits per heavy atom. The van der Waals surface area contributed by atoms with Gasteiger partial charge in [-0.1, -0.05) is 30.3 Å². The van der Waals surface area contributed by atoms with Gasteiger partial charge in [-0.25, -0.2) is 4.79 Å². The molecule has 2 N–H and O–H groups in total. The molecule has 0 radical (unpaired) electrons. The lowest BCUT2D eigenvalue weighted by molar-refractivity contribution is 0.125. The lowest BCUT2D eigenvalue weighted by atomic mass is 9.87. The van der Waals surface area contributed by atoms with Crippen molar-refractivity contribution in [1.82, 2.24) is 25.4 Å². The largest absolute Gasteiger partial charge is 0.445 e. The number of amides is 1. The van der Waals surface area contributed by atoms with Gasteiger partial charge in [0, 0.05) is 19.1 Å². The standard InChI is InChI=1S/C16H21N5O2/c1-21-11-18-20-15(21)9-17-13-7-14(8-13)19-16(22)23-10-12-5-3-2-4-6-12/h2-6,11,13-14,17H,7-10H2,1H3,(H,19,22). The van der Waals surface area contributed by atoms with Crippen LogP contribution in [0.1, 0.15) is 24.2 Å². The van der Waals surface area contributed by atoms with Crippen molar-refractivity contribution >= 4 is 6.09 Å². The van der Waals surface area contributed by atoms with Crippen molar-refractivity contribution in [2.75, 3.05) is 0 Å². The van der Waals surface area contributed by atoms with Crippen molar-refractivity contribution in [1.29, 1.82) is 0 Å². The fourth-order valence-electron chi connectivity index (χ4n) is 2.54. The molecule has 1 aliphatic carbocycles. The monoisotopic (exact) mass is 315 g/mol. The van der Waals surface area contributed by atoms with Gasteiger partial charge in [-0.3, -0.25) is 0 Å². The number of carbonyl (C=O) groups excluding carboxylic acids is 1. The highest BCUT2D eigenvalue weighted by molar-refractivity contribution is 5.67. The van der Waals surface area contributed by atoms with Crippen molar-refractivity contribution in [3.63, 3.8) is 0 Å². The number of hydrogen-bond donors (Lipinski definition) is 2. The first kappa shape index (κ1) is 15.5. The Morgan fingerprint density at radius 3 is 2.78 bits per heavy atom. The van der Waals surface area contributed by atoms with Crippen molar-refractivity contribution < 1.29 is 9.53 Å². The summed E-state index contributed by atoms with van der Waals surface area (Å²) < 4.78 is 7.10. The Morgan fingerprint density at radius 2 is 2.09 bits per heavy atom. The molecule has 0 bridgehead atoms. The normalized spacial score (nSPS) is 19.9. The highest BCUT2D eigenvalue weighted by Gasteiger charge is 2.30. The maximum atomic E-state index is 11.7. The molecule has 0 saturated heterocycles. The fraction of sp³-hybridized carbons (Fsp3) is 0.438. The van der Waals surface area contributed by atoms with E-state index < -0.39 is 0 Å². The Hall–Kier alpha value is -2.41. The van der Waals surface area contributed by atoms with E-state index in [1.807, 2.05) is 41.9 Å². The smallest absolute Gasteiger partial charge is 0.407 e. The van der Waals surface area contributed by atoms with Gasteiger partial charge in [-0.2, -0.15) is 0 Å². The molecular formula is C16H21N5O2. The zero-order chi connectivity index (χ0) is 16.1. The molecule has 1 aromatic heterocycles. The molecule has 3 rings (SSSR count). The van der Waals surface area contributed by atoms with E-state index in [-0.39, 0.29) is 12.1 Å². The van der Waals surface area contributed by atoms with Crippen molar-refractivity contribution in [2.24, 2.45) is 7.05 Å². The Labute approximate surface area is 135 Å². The first-order valence-electron chi connectivity index (χ1n) is 7.74. The minimum atomic E-state index is -0.356. The van der Waals surface area contributed by atoms with E-state index in [1.165, 1.54) is 0 Å². The van der Waals surface area contributed by atoms with Crippen LogP contribution in [0.3, 0.4) is 0 Å². The quantitative estimate of drug-likeness (QED) is 0.841. The maximum Gasteiger partial charge on any atom is 0.407 e. The van der Waals surface area contributed by atoms with E-state index in [0.29, 0.717) is 19.2 Å². The summed E-state index contributed by atoms with van der Waals surface area (Å²) in [6, 6.07) is 10.2. The number of aromatic nitrogens is 3. The van der Waals surface area contributed by atoms with Crippen LogP contribution in [-0.2, 0) is 24.9 Å². The van der Waals surface area contributed by atoms with Crippen molar-refractivity contribution in [3.05, 3.63) is 48.0 Å². The van der Waals surface area contributed by atoms with Gasteiger partial charge in [0.15, 0.2) is 0 Å². The van der Waals surface area contributed by atoms with Crippen LogP contribution < -0.4 is 10.6 Å². The summed E-state index contributed by atoms with van der Waals surface area (Å²) >= 11 is 0. The number of hydrogen-bond acceptors (Lipinski definition) is 5. The van der Waals surface area contributed by atoms with Gasteiger partial charge in [-0.15, -0.1) is 10.2 Å². The van der Waals surface area contributed by atoms with E-state index in [1.54, 1.807) is 6.33 Å². The molecule has 1 aliphatic rings. The van der Waals surface area contributed by atoms with Crippen LogP contribution in [0.25, 0.3) is 0 Å². The molecule has 23 heavy (non-hydrogen) atoms. The molecule has 1 fully saturated rings. The number of carbonyl (C=O) groups is 1. The van der Waals surface area contributed by atoms with Gasteiger partial charge in [-0.05, 0) is 18.4 Å². The maximum absolute atomic E-state index is 11.7. The predicted octanol–water partition coefficient (Wildman–Crippen LogP) is 1.36. The van der Waals surface area contributed by atoms with Crippen LogP contribution in [0.15, 0.2) is 36.7 Å². The van der Waals surface area contributed by atoms with Gasteiger partial charge >= 0.3 is 6.09 Å². The first-order chi connectivity index (χ1) is 11.2. The van der Waals surface area contributed by atoms with Crippen molar-refractivity contribution in [3.8, 4) is 0 Å². The van der Waals surface area contributed by atoms with Crippen LogP contribution in [0.5, 0.6) is 0 Å². The second-order valence-electron chi connectivity index (χ2n) is 5.81. The number of nitrogens with zero attached hydrogens (tertiary/aromatic N) is 3. The van der Waals surface area contributed by atoms with E-state index in [0.717, 1.165) is 24.2 Å². The first-order valence-corrected chi connectivity index (χ1v) is 7.74. The molecule has 0 spiro atoms. The SMILES string of the molecule is Cn1cnnc1CNC1CC(NC(=O)OCc2ccccc2)C1. The summed E-state index contributed by atoms with van der Waals surface area (Å²) in [7, 11) is 1.92. The summed E-state index contributed by atoms with van der Waals surface area (Å²) in [6.07, 6.45) is 3.13. The van der Waals surface area contributed by atoms with Gasteiger partial charge in [0.1, 0.15) is 18.8 Å². The summed E-state index contributed by atoms with van der Waals surface area (Å²) in [5, 5.41) is 14.2. The average Bonchev–Trinajstić information content (AvgIpc) is 2.93. The topological polar surface area (TPSA) is 81.1 Å². The molecule has 2 aromatic rings. The molecule has 7 nitrogen and oxygen atoms in total. The molecule has 1 heterocycles. The van der Waals surface area contributed by atoms with Gasteiger partial charge in [0.05, 0.1) is 6.54 Å². The summed E-state index contributed by atoms with van der Waals surface area (Å²) in [6.45, 7) is 0.986. The van der Waals surface area contributed by atoms with Crippen LogP contribution in [0.2, 0.25) is 0 Å². The van der Waals surface area contributed by atoms with E-state index in [2.05, 4.69) is 20.8 Å². The number of alkyl carbamates (subject to hydrolysis) is 1. The molecule has 0 atom stereocenters. The second-order valence-corrected chi connectivity index (χ2v) is 5.81. The predicted molar refractivity (Wildman–Crippen MR) is 84.4 cm³/mol. The number of nitrogens with one attached hydrogen (secondary N) is 2. The van der Waals surface area contributed by atoms with Gasteiger partial charge in [0.25, 0.3) is 0 Å². The minimum absolute atomic E-state index is 0.176. The zero-order valence-electron chi connectivity index (χ0n) is 13.1. The number of aryl methyl sites for hydroxylation is 1. The number of benzene rings is 1. The van der Waals surface area contributed by atoms with Crippen LogP contribution in [0.4, 0.5) is 4.79 Å². The fourth-order valence-corrected chi connectivity index (χ4v) is 2.54. The molecule has 0 unspecified atom stereocenters. The molecule has 1 saturated carbocycles. The lowest BCUT2D eigenvalue weighted by Crippen LogP contribution is -2.52. The van der Waals surface area contributed by atoms with Crippen LogP contribution in [-0.4, -0.2) is 32.9 Å². The third kappa shape index (κ3) is 4.29.